The van der Waals surface area contributed by atoms with E-state index in [4.69, 9.17) is 4.74 Å². The Hall–Kier alpha value is -3.20. The number of piperazine rings is 1. The number of rotatable bonds is 4. The number of hydrogen-bond donors (Lipinski definition) is 0. The standard InChI is InChI=1S/C22H21F3N4O2.ClH/c1-31-17-6-4-5-16(15-17)29-10-9-26-21(29)28-13-11-27(12-14-28)20(30)18-7-2-3-8-19(18)22(23,24)25;/h2-10,15H,11-14H2,1H3;1H. The van der Waals surface area contributed by atoms with Crippen molar-refractivity contribution in [1.29, 1.82) is 0 Å². The van der Waals surface area contributed by atoms with E-state index in [9.17, 15) is 18.0 Å². The normalized spacial score (nSPS) is 14.1. The molecule has 1 aliphatic heterocycles. The van der Waals surface area contributed by atoms with Crippen molar-refractivity contribution in [2.24, 2.45) is 0 Å². The highest BCUT2D eigenvalue weighted by molar-refractivity contribution is 5.96. The number of hydrogen-bond acceptors (Lipinski definition) is 4. The van der Waals surface area contributed by atoms with Gasteiger partial charge in [0.15, 0.2) is 0 Å². The third-order valence-electron chi connectivity index (χ3n) is 5.27. The molecule has 4 rings (SSSR count). The maximum Gasteiger partial charge on any atom is 0.417 e. The molecule has 0 spiro atoms. The molecule has 0 saturated carbocycles. The predicted octanol–water partition coefficient (Wildman–Crippen LogP) is 4.28. The van der Waals surface area contributed by atoms with Gasteiger partial charge in [-0.3, -0.25) is 9.36 Å². The second-order valence-corrected chi connectivity index (χ2v) is 7.12. The second-order valence-electron chi connectivity index (χ2n) is 7.12. The molecule has 1 aromatic heterocycles. The lowest BCUT2D eigenvalue weighted by Gasteiger charge is -2.35. The number of anilines is 1. The molecule has 6 nitrogen and oxygen atoms in total. The molecule has 1 saturated heterocycles. The van der Waals surface area contributed by atoms with Gasteiger partial charge in [-0.1, -0.05) is 18.2 Å². The molecule has 10 heteroatoms. The van der Waals surface area contributed by atoms with E-state index in [2.05, 4.69) is 4.98 Å². The van der Waals surface area contributed by atoms with E-state index in [-0.39, 0.29) is 18.0 Å². The molecule has 0 bridgehead atoms. The number of amides is 1. The van der Waals surface area contributed by atoms with Gasteiger partial charge in [0.2, 0.25) is 5.95 Å². The number of ether oxygens (including phenoxy) is 1. The number of halogens is 4. The first-order valence-corrected chi connectivity index (χ1v) is 9.76. The van der Waals surface area contributed by atoms with E-state index >= 15 is 0 Å². The third kappa shape index (κ3) is 4.67. The topological polar surface area (TPSA) is 50.6 Å². The van der Waals surface area contributed by atoms with Gasteiger partial charge in [-0.15, -0.1) is 12.4 Å². The van der Waals surface area contributed by atoms with Crippen molar-refractivity contribution in [2.45, 2.75) is 6.18 Å². The van der Waals surface area contributed by atoms with Gasteiger partial charge in [0.05, 0.1) is 23.9 Å². The Morgan fingerprint density at radius 3 is 2.44 bits per heavy atom. The van der Waals surface area contributed by atoms with E-state index in [0.29, 0.717) is 32.1 Å². The summed E-state index contributed by atoms with van der Waals surface area (Å²) in [4.78, 5) is 20.7. The van der Waals surface area contributed by atoms with Crippen molar-refractivity contribution < 1.29 is 22.7 Å². The Labute approximate surface area is 189 Å². The molecule has 2 heterocycles. The van der Waals surface area contributed by atoms with Crippen molar-refractivity contribution in [1.82, 2.24) is 14.5 Å². The number of nitrogens with zero attached hydrogens (tertiary/aromatic N) is 4. The van der Waals surface area contributed by atoms with Crippen LogP contribution in [0.25, 0.3) is 5.69 Å². The van der Waals surface area contributed by atoms with Crippen LogP contribution in [0.1, 0.15) is 15.9 Å². The molecule has 170 valence electrons. The number of carbonyl (C=O) groups is 1. The minimum Gasteiger partial charge on any atom is -0.497 e. The summed E-state index contributed by atoms with van der Waals surface area (Å²) in [6, 6.07) is 12.5. The summed E-state index contributed by atoms with van der Waals surface area (Å²) in [6.07, 6.45) is -1.05. The molecule has 0 radical (unpaired) electrons. The van der Waals surface area contributed by atoms with Gasteiger partial charge in [0, 0.05) is 44.6 Å². The molecule has 1 aliphatic rings. The average molecular weight is 467 g/mol. The van der Waals surface area contributed by atoms with Crippen LogP contribution in [0.15, 0.2) is 60.9 Å². The van der Waals surface area contributed by atoms with E-state index in [0.717, 1.165) is 17.5 Å². The predicted molar refractivity (Wildman–Crippen MR) is 117 cm³/mol. The molecular formula is C22H22ClF3N4O2. The highest BCUT2D eigenvalue weighted by atomic mass is 35.5. The van der Waals surface area contributed by atoms with Gasteiger partial charge < -0.3 is 14.5 Å². The van der Waals surface area contributed by atoms with Gasteiger partial charge in [0.1, 0.15) is 5.75 Å². The fraction of sp³-hybridized carbons (Fsp3) is 0.273. The first kappa shape index (κ1) is 23.5. The molecule has 3 aromatic rings. The summed E-state index contributed by atoms with van der Waals surface area (Å²) in [5.41, 5.74) is -0.346. The van der Waals surface area contributed by atoms with Gasteiger partial charge in [-0.05, 0) is 24.3 Å². The van der Waals surface area contributed by atoms with Crippen molar-refractivity contribution in [3.63, 3.8) is 0 Å². The van der Waals surface area contributed by atoms with E-state index in [1.165, 1.54) is 23.1 Å². The van der Waals surface area contributed by atoms with Crippen LogP contribution in [-0.2, 0) is 6.18 Å². The minimum atomic E-state index is -4.57. The van der Waals surface area contributed by atoms with Gasteiger partial charge >= 0.3 is 6.18 Å². The SMILES string of the molecule is COc1cccc(-n2ccnc2N2CCN(C(=O)c3ccccc3C(F)(F)F)CC2)c1.Cl. The summed E-state index contributed by atoms with van der Waals surface area (Å²) in [5, 5.41) is 0. The molecule has 0 atom stereocenters. The van der Waals surface area contributed by atoms with Crippen LogP contribution < -0.4 is 9.64 Å². The Balaban J connectivity index is 0.00000289. The molecule has 0 unspecified atom stereocenters. The summed E-state index contributed by atoms with van der Waals surface area (Å²) in [6.45, 7) is 1.52. The molecule has 32 heavy (non-hydrogen) atoms. The molecule has 0 aliphatic carbocycles. The van der Waals surface area contributed by atoms with Crippen LogP contribution in [0, 0.1) is 0 Å². The maximum atomic E-state index is 13.3. The Morgan fingerprint density at radius 2 is 1.75 bits per heavy atom. The molecule has 1 amide bonds. The van der Waals surface area contributed by atoms with Crippen LogP contribution in [-0.4, -0.2) is 53.6 Å². The first-order valence-electron chi connectivity index (χ1n) is 9.76. The molecule has 1 fully saturated rings. The van der Waals surface area contributed by atoms with Crippen LogP contribution in [0.5, 0.6) is 5.75 Å². The summed E-state index contributed by atoms with van der Waals surface area (Å²) in [5.74, 6) is 0.815. The van der Waals surface area contributed by atoms with Crippen molar-refractivity contribution >= 4 is 24.3 Å². The molecular weight excluding hydrogens is 445 g/mol. The quantitative estimate of drug-likeness (QED) is 0.576. The molecule has 0 N–H and O–H groups in total. The lowest BCUT2D eigenvalue weighted by molar-refractivity contribution is -0.138. The number of benzene rings is 2. The van der Waals surface area contributed by atoms with Crippen LogP contribution >= 0.6 is 12.4 Å². The average Bonchev–Trinajstić information content (AvgIpc) is 3.28. The zero-order valence-corrected chi connectivity index (χ0v) is 18.1. The van der Waals surface area contributed by atoms with Gasteiger partial charge in [-0.25, -0.2) is 4.98 Å². The monoisotopic (exact) mass is 466 g/mol. The lowest BCUT2D eigenvalue weighted by atomic mass is 10.1. The maximum absolute atomic E-state index is 13.3. The first-order chi connectivity index (χ1) is 14.9. The number of methoxy groups -OCH3 is 1. The van der Waals surface area contributed by atoms with E-state index < -0.39 is 17.6 Å². The van der Waals surface area contributed by atoms with Crippen molar-refractivity contribution in [2.75, 3.05) is 38.2 Å². The molecule has 2 aromatic carbocycles. The second kappa shape index (κ2) is 9.52. The van der Waals surface area contributed by atoms with Crippen molar-refractivity contribution in [3.05, 3.63) is 72.1 Å². The highest BCUT2D eigenvalue weighted by Crippen LogP contribution is 2.32. The van der Waals surface area contributed by atoms with Gasteiger partial charge in [0.25, 0.3) is 5.91 Å². The summed E-state index contributed by atoms with van der Waals surface area (Å²) in [7, 11) is 1.60. The fourth-order valence-electron chi connectivity index (χ4n) is 3.69. The summed E-state index contributed by atoms with van der Waals surface area (Å²) >= 11 is 0. The zero-order chi connectivity index (χ0) is 22.0. The Kier molecular flexibility index (Phi) is 6.98. The Bertz CT molecular complexity index is 1080. The zero-order valence-electron chi connectivity index (χ0n) is 17.2. The highest BCUT2D eigenvalue weighted by Gasteiger charge is 2.36. The van der Waals surface area contributed by atoms with Crippen LogP contribution in [0.4, 0.5) is 19.1 Å². The van der Waals surface area contributed by atoms with Crippen LogP contribution in [0.2, 0.25) is 0 Å². The van der Waals surface area contributed by atoms with E-state index in [1.807, 2.05) is 39.9 Å². The summed E-state index contributed by atoms with van der Waals surface area (Å²) < 4.78 is 47.1. The smallest absolute Gasteiger partial charge is 0.417 e. The van der Waals surface area contributed by atoms with Crippen molar-refractivity contribution in [3.8, 4) is 11.4 Å². The number of carbonyl (C=O) groups excluding carboxylic acids is 1. The number of alkyl halides is 3. The number of imidazole rings is 1. The lowest BCUT2D eigenvalue weighted by Crippen LogP contribution is -2.49. The fourth-order valence-corrected chi connectivity index (χ4v) is 3.69. The number of aromatic nitrogens is 2. The van der Waals surface area contributed by atoms with Crippen LogP contribution in [0.3, 0.4) is 0 Å². The Morgan fingerprint density at radius 1 is 1.03 bits per heavy atom. The van der Waals surface area contributed by atoms with Gasteiger partial charge in [-0.2, -0.15) is 13.2 Å². The van der Waals surface area contributed by atoms with E-state index in [1.54, 1.807) is 13.3 Å². The third-order valence-corrected chi connectivity index (χ3v) is 5.27. The largest absolute Gasteiger partial charge is 0.497 e. The minimum absolute atomic E-state index is 0.